The number of hydrogen-bond donors (Lipinski definition) is 2. The first kappa shape index (κ1) is 22.5. The minimum absolute atomic E-state index is 0.180. The number of nitrogens with zero attached hydrogens (tertiary/aromatic N) is 1. The van der Waals surface area contributed by atoms with Crippen LogP contribution in [0.25, 0.3) is 0 Å². The molecule has 0 fully saturated rings. The number of anilines is 1. The average molecular weight is 400 g/mol. The Bertz CT molecular complexity index is 717. The third-order valence-corrected chi connectivity index (χ3v) is 5.72. The third-order valence-electron chi connectivity index (χ3n) is 3.60. The van der Waals surface area contributed by atoms with E-state index in [1.54, 1.807) is 45.0 Å². The van der Waals surface area contributed by atoms with Crippen molar-refractivity contribution in [2.75, 3.05) is 18.4 Å². The molecule has 0 saturated carbocycles. The maximum absolute atomic E-state index is 12.7. The van der Waals surface area contributed by atoms with Crippen molar-refractivity contribution in [3.63, 3.8) is 0 Å². The van der Waals surface area contributed by atoms with Crippen molar-refractivity contribution < 1.29 is 13.2 Å². The van der Waals surface area contributed by atoms with Crippen LogP contribution in [-0.4, -0.2) is 36.8 Å². The van der Waals surface area contributed by atoms with Crippen molar-refractivity contribution in [2.45, 2.75) is 52.4 Å². The molecule has 1 rings (SSSR count). The summed E-state index contributed by atoms with van der Waals surface area (Å²) in [6.45, 7) is 10.3. The summed E-state index contributed by atoms with van der Waals surface area (Å²) in [5, 5.41) is 5.69. The van der Waals surface area contributed by atoms with E-state index in [1.807, 2.05) is 13.8 Å². The Balaban J connectivity index is 2.85. The normalized spacial score (nSPS) is 12.1. The van der Waals surface area contributed by atoms with Crippen LogP contribution in [0, 0.1) is 5.41 Å². The molecular weight excluding hydrogens is 370 g/mol. The highest BCUT2D eigenvalue weighted by atomic mass is 32.2. The smallest absolute Gasteiger partial charge is 0.243 e. The highest BCUT2D eigenvalue weighted by Crippen LogP contribution is 2.19. The number of thiocarbonyl (C=S) groups is 1. The molecule has 0 radical (unpaired) electrons. The molecule has 0 aliphatic carbocycles. The average Bonchev–Trinajstić information content (AvgIpc) is 2.54. The van der Waals surface area contributed by atoms with Crippen molar-refractivity contribution in [3.8, 4) is 0 Å². The number of rotatable bonds is 7. The molecule has 0 unspecified atom stereocenters. The monoisotopic (exact) mass is 399 g/mol. The Hall–Kier alpha value is -1.51. The molecule has 0 saturated heterocycles. The van der Waals surface area contributed by atoms with E-state index in [2.05, 4.69) is 10.6 Å². The van der Waals surface area contributed by atoms with Gasteiger partial charge in [0.05, 0.1) is 4.90 Å². The summed E-state index contributed by atoms with van der Waals surface area (Å²) in [5.74, 6) is -0.191. The van der Waals surface area contributed by atoms with Gasteiger partial charge < -0.3 is 10.6 Å². The fourth-order valence-corrected chi connectivity index (χ4v) is 4.00. The molecule has 0 spiro atoms. The van der Waals surface area contributed by atoms with Gasteiger partial charge in [0.1, 0.15) is 0 Å². The van der Waals surface area contributed by atoms with E-state index in [0.717, 1.165) is 12.8 Å². The van der Waals surface area contributed by atoms with Gasteiger partial charge in [-0.3, -0.25) is 4.79 Å². The minimum Gasteiger partial charge on any atom is -0.332 e. The second kappa shape index (κ2) is 9.43. The Labute approximate surface area is 162 Å². The number of carbonyl (C=O) groups excluding carboxylic acids is 1. The van der Waals surface area contributed by atoms with Crippen LogP contribution in [0.15, 0.2) is 29.2 Å². The molecule has 6 nitrogen and oxygen atoms in total. The van der Waals surface area contributed by atoms with E-state index >= 15 is 0 Å². The number of benzene rings is 1. The van der Waals surface area contributed by atoms with Crippen LogP contribution in [0.4, 0.5) is 5.69 Å². The van der Waals surface area contributed by atoms with Gasteiger partial charge in [-0.2, -0.15) is 4.31 Å². The van der Waals surface area contributed by atoms with Crippen LogP contribution >= 0.6 is 12.2 Å². The number of hydrogen-bond acceptors (Lipinski definition) is 4. The van der Waals surface area contributed by atoms with Crippen molar-refractivity contribution in [1.29, 1.82) is 0 Å². The summed E-state index contributed by atoms with van der Waals surface area (Å²) >= 11 is 5.13. The molecule has 0 aliphatic heterocycles. The van der Waals surface area contributed by atoms with Gasteiger partial charge in [0.2, 0.25) is 15.9 Å². The Kier molecular flexibility index (Phi) is 8.17. The standard InChI is InChI=1S/C18H29N3O3S2/c1-6-12-21(13-7-2)26(23,24)15-10-8-14(9-11-15)19-17(25)20-16(22)18(3,4)5/h8-11H,6-7,12-13H2,1-5H3,(H2,19,20,22,25). The first-order valence-electron chi connectivity index (χ1n) is 8.75. The van der Waals surface area contributed by atoms with E-state index in [4.69, 9.17) is 12.2 Å². The molecule has 0 aliphatic rings. The van der Waals surface area contributed by atoms with Crippen LogP contribution in [0.3, 0.4) is 0 Å². The molecule has 8 heteroatoms. The zero-order chi connectivity index (χ0) is 20.0. The lowest BCUT2D eigenvalue weighted by atomic mass is 9.96. The molecular formula is C18H29N3O3S2. The second-order valence-corrected chi connectivity index (χ2v) is 9.43. The van der Waals surface area contributed by atoms with Crippen molar-refractivity contribution in [2.24, 2.45) is 5.41 Å². The predicted molar refractivity (Wildman–Crippen MR) is 110 cm³/mol. The van der Waals surface area contributed by atoms with Crippen molar-refractivity contribution >= 4 is 38.9 Å². The number of amides is 1. The predicted octanol–water partition coefficient (Wildman–Crippen LogP) is 3.36. The maximum Gasteiger partial charge on any atom is 0.243 e. The fraction of sp³-hybridized carbons (Fsp3) is 0.556. The first-order chi connectivity index (χ1) is 12.0. The van der Waals surface area contributed by atoms with Crippen LogP contribution < -0.4 is 10.6 Å². The fourth-order valence-electron chi connectivity index (χ4n) is 2.16. The van der Waals surface area contributed by atoms with Crippen molar-refractivity contribution in [3.05, 3.63) is 24.3 Å². The first-order valence-corrected chi connectivity index (χ1v) is 10.6. The van der Waals surface area contributed by atoms with Gasteiger partial charge in [0.25, 0.3) is 0 Å². The largest absolute Gasteiger partial charge is 0.332 e. The molecule has 0 aromatic heterocycles. The van der Waals surface area contributed by atoms with Crippen LogP contribution in [-0.2, 0) is 14.8 Å². The Morgan fingerprint density at radius 2 is 1.58 bits per heavy atom. The summed E-state index contributed by atoms with van der Waals surface area (Å²) in [4.78, 5) is 12.2. The van der Waals surface area contributed by atoms with Gasteiger partial charge in [-0.1, -0.05) is 34.6 Å². The number of nitrogens with one attached hydrogen (secondary N) is 2. The van der Waals surface area contributed by atoms with Gasteiger partial charge in [0, 0.05) is 24.2 Å². The molecule has 26 heavy (non-hydrogen) atoms. The number of carbonyl (C=O) groups is 1. The lowest BCUT2D eigenvalue weighted by Gasteiger charge is -2.21. The molecule has 0 heterocycles. The van der Waals surface area contributed by atoms with Gasteiger partial charge >= 0.3 is 0 Å². The highest BCUT2D eigenvalue weighted by Gasteiger charge is 2.23. The second-order valence-electron chi connectivity index (χ2n) is 7.09. The summed E-state index contributed by atoms with van der Waals surface area (Å²) in [6.07, 6.45) is 1.53. The minimum atomic E-state index is -3.51. The van der Waals surface area contributed by atoms with Crippen LogP contribution in [0.5, 0.6) is 0 Å². The lowest BCUT2D eigenvalue weighted by Crippen LogP contribution is -2.41. The molecule has 0 bridgehead atoms. The topological polar surface area (TPSA) is 78.5 Å². The van der Waals surface area contributed by atoms with E-state index < -0.39 is 15.4 Å². The molecule has 1 aromatic carbocycles. The SMILES string of the molecule is CCCN(CCC)S(=O)(=O)c1ccc(NC(=S)NC(=O)C(C)(C)C)cc1. The highest BCUT2D eigenvalue weighted by molar-refractivity contribution is 7.89. The van der Waals surface area contributed by atoms with Crippen LogP contribution in [0.1, 0.15) is 47.5 Å². The maximum atomic E-state index is 12.7. The summed E-state index contributed by atoms with van der Waals surface area (Å²) in [7, 11) is -3.51. The lowest BCUT2D eigenvalue weighted by molar-refractivity contribution is -0.126. The van der Waals surface area contributed by atoms with Crippen LogP contribution in [0.2, 0.25) is 0 Å². The van der Waals surface area contributed by atoms with Gasteiger partial charge in [-0.25, -0.2) is 8.42 Å². The summed E-state index contributed by atoms with van der Waals surface area (Å²) in [5.41, 5.74) is 0.0618. The summed E-state index contributed by atoms with van der Waals surface area (Å²) < 4.78 is 27.0. The molecule has 1 amide bonds. The Morgan fingerprint density at radius 1 is 1.08 bits per heavy atom. The van der Waals surface area contributed by atoms with E-state index in [0.29, 0.717) is 18.8 Å². The van der Waals surface area contributed by atoms with E-state index in [9.17, 15) is 13.2 Å². The molecule has 146 valence electrons. The summed E-state index contributed by atoms with van der Waals surface area (Å²) in [6, 6.07) is 6.37. The molecule has 0 atom stereocenters. The molecule has 1 aromatic rings. The van der Waals surface area contributed by atoms with Gasteiger partial charge in [-0.05, 0) is 49.3 Å². The van der Waals surface area contributed by atoms with E-state index in [-0.39, 0.29) is 15.9 Å². The third kappa shape index (κ3) is 6.34. The quantitative estimate of drug-likeness (QED) is 0.688. The van der Waals surface area contributed by atoms with Gasteiger partial charge in [0.15, 0.2) is 5.11 Å². The zero-order valence-corrected chi connectivity index (χ0v) is 17.8. The van der Waals surface area contributed by atoms with Crippen molar-refractivity contribution in [1.82, 2.24) is 9.62 Å². The van der Waals surface area contributed by atoms with Gasteiger partial charge in [-0.15, -0.1) is 0 Å². The number of sulfonamides is 1. The Morgan fingerprint density at radius 3 is 2.00 bits per heavy atom. The molecule has 2 N–H and O–H groups in total. The van der Waals surface area contributed by atoms with E-state index in [1.165, 1.54) is 4.31 Å². The zero-order valence-electron chi connectivity index (χ0n) is 16.1.